The second-order valence-electron chi connectivity index (χ2n) is 8.03. The molecule has 3 heteroatoms. The number of nitrogens with zero attached hydrogens (tertiary/aromatic N) is 1. The van der Waals surface area contributed by atoms with Gasteiger partial charge in [-0.05, 0) is 58.5 Å². The number of rotatable bonds is 2. The van der Waals surface area contributed by atoms with Crippen molar-refractivity contribution in [2.75, 3.05) is 20.6 Å². The molecule has 118 valence electrons. The molecule has 3 rings (SSSR count). The zero-order valence-corrected chi connectivity index (χ0v) is 13.9. The molecule has 1 saturated heterocycles. The largest absolute Gasteiger partial charge is 0.461 e. The van der Waals surface area contributed by atoms with E-state index in [4.69, 9.17) is 4.74 Å². The van der Waals surface area contributed by atoms with Crippen LogP contribution in [-0.4, -0.2) is 37.6 Å². The number of carbonyl (C=O) groups is 1. The number of allylic oxidation sites excluding steroid dienone is 2. The van der Waals surface area contributed by atoms with Gasteiger partial charge in [-0.1, -0.05) is 18.6 Å². The number of hydrogen-bond acceptors (Lipinski definition) is 3. The maximum absolute atomic E-state index is 12.4. The Morgan fingerprint density at radius 1 is 1.43 bits per heavy atom. The van der Waals surface area contributed by atoms with E-state index < -0.39 is 0 Å². The topological polar surface area (TPSA) is 29.5 Å². The Morgan fingerprint density at radius 2 is 2.19 bits per heavy atom. The monoisotopic (exact) mass is 291 g/mol. The molecular weight excluding hydrogens is 262 g/mol. The molecule has 3 nitrogen and oxygen atoms in total. The minimum absolute atomic E-state index is 0.0498. The van der Waals surface area contributed by atoms with Crippen molar-refractivity contribution in [1.29, 1.82) is 0 Å². The molecule has 0 bridgehead atoms. The van der Waals surface area contributed by atoms with E-state index in [9.17, 15) is 4.79 Å². The molecule has 0 aromatic rings. The number of fused-ring (bicyclic) bond motifs is 3. The smallest absolute Gasteiger partial charge is 0.310 e. The molecule has 5 atom stereocenters. The van der Waals surface area contributed by atoms with Gasteiger partial charge in [0.05, 0.1) is 5.92 Å². The summed E-state index contributed by atoms with van der Waals surface area (Å²) in [6, 6.07) is 0. The lowest BCUT2D eigenvalue weighted by atomic mass is 9.80. The van der Waals surface area contributed by atoms with Crippen molar-refractivity contribution in [3.63, 3.8) is 0 Å². The van der Waals surface area contributed by atoms with E-state index in [1.807, 2.05) is 14.1 Å². The van der Waals surface area contributed by atoms with E-state index in [0.717, 1.165) is 19.4 Å². The first-order chi connectivity index (χ1) is 9.90. The highest BCUT2D eigenvalue weighted by atomic mass is 16.6. The molecule has 0 aromatic heterocycles. The minimum Gasteiger partial charge on any atom is -0.461 e. The summed E-state index contributed by atoms with van der Waals surface area (Å²) in [4.78, 5) is 14.5. The summed E-state index contributed by atoms with van der Waals surface area (Å²) >= 11 is 0. The SMILES string of the molecule is C/C1=C/CC[C@@]2(C)C[C@H]2[C@H]2OC(=O)[C@@H](CN(C)C)[C@@H]2CC1. The van der Waals surface area contributed by atoms with Crippen LogP contribution in [0.15, 0.2) is 11.6 Å². The lowest BCUT2D eigenvalue weighted by Crippen LogP contribution is -2.32. The second kappa shape index (κ2) is 5.42. The third-order valence-corrected chi connectivity index (χ3v) is 5.95. The first kappa shape index (κ1) is 15.1. The summed E-state index contributed by atoms with van der Waals surface area (Å²) in [6.07, 6.45) is 8.48. The fourth-order valence-corrected chi connectivity index (χ4v) is 4.45. The molecule has 1 heterocycles. The average molecular weight is 291 g/mol. The maximum Gasteiger partial charge on any atom is 0.310 e. The average Bonchev–Trinajstić information content (AvgIpc) is 2.97. The van der Waals surface area contributed by atoms with Gasteiger partial charge in [-0.2, -0.15) is 0 Å². The highest BCUT2D eigenvalue weighted by Gasteiger charge is 2.60. The van der Waals surface area contributed by atoms with Crippen LogP contribution in [0.1, 0.15) is 46.0 Å². The molecular formula is C18H29NO2. The normalized spacial score (nSPS) is 45.4. The van der Waals surface area contributed by atoms with Crippen LogP contribution in [0, 0.1) is 23.2 Å². The zero-order chi connectivity index (χ0) is 15.2. The van der Waals surface area contributed by atoms with Gasteiger partial charge >= 0.3 is 5.97 Å². The lowest BCUT2D eigenvalue weighted by Gasteiger charge is -2.25. The Bertz CT molecular complexity index is 456. The molecule has 2 aliphatic carbocycles. The van der Waals surface area contributed by atoms with Crippen LogP contribution < -0.4 is 0 Å². The maximum atomic E-state index is 12.4. The molecule has 0 radical (unpaired) electrons. The van der Waals surface area contributed by atoms with Gasteiger partial charge in [0, 0.05) is 18.4 Å². The van der Waals surface area contributed by atoms with Crippen molar-refractivity contribution in [2.24, 2.45) is 23.2 Å². The minimum atomic E-state index is 0.0498. The van der Waals surface area contributed by atoms with Gasteiger partial charge in [0.25, 0.3) is 0 Å². The first-order valence-electron chi connectivity index (χ1n) is 8.41. The van der Waals surface area contributed by atoms with Gasteiger partial charge in [-0.15, -0.1) is 0 Å². The predicted octanol–water partition coefficient (Wildman–Crippen LogP) is 3.25. The fourth-order valence-electron chi connectivity index (χ4n) is 4.45. The summed E-state index contributed by atoms with van der Waals surface area (Å²) in [5, 5.41) is 0. The molecule has 0 amide bonds. The van der Waals surface area contributed by atoms with E-state index >= 15 is 0 Å². The molecule has 2 fully saturated rings. The summed E-state index contributed by atoms with van der Waals surface area (Å²) < 4.78 is 5.88. The van der Waals surface area contributed by atoms with Gasteiger partial charge in [0.2, 0.25) is 0 Å². The van der Waals surface area contributed by atoms with Gasteiger partial charge in [0.15, 0.2) is 0 Å². The molecule has 0 spiro atoms. The van der Waals surface area contributed by atoms with Crippen LogP contribution >= 0.6 is 0 Å². The van der Waals surface area contributed by atoms with Gasteiger partial charge in [0.1, 0.15) is 6.10 Å². The third kappa shape index (κ3) is 2.90. The van der Waals surface area contributed by atoms with Crippen molar-refractivity contribution in [1.82, 2.24) is 4.90 Å². The van der Waals surface area contributed by atoms with Gasteiger partial charge in [-0.3, -0.25) is 4.79 Å². The highest BCUT2D eigenvalue weighted by Crippen LogP contribution is 2.61. The van der Waals surface area contributed by atoms with E-state index in [-0.39, 0.29) is 18.0 Å². The summed E-state index contributed by atoms with van der Waals surface area (Å²) in [6.45, 7) is 5.45. The van der Waals surface area contributed by atoms with Crippen LogP contribution in [0.2, 0.25) is 0 Å². The van der Waals surface area contributed by atoms with E-state index in [1.54, 1.807) is 0 Å². The first-order valence-corrected chi connectivity index (χ1v) is 8.41. The summed E-state index contributed by atoms with van der Waals surface area (Å²) in [5.41, 5.74) is 1.89. The number of esters is 1. The summed E-state index contributed by atoms with van der Waals surface area (Å²) in [5.74, 6) is 1.13. The second-order valence-corrected chi connectivity index (χ2v) is 8.03. The molecule has 1 saturated carbocycles. The quantitative estimate of drug-likeness (QED) is 0.578. The molecule has 0 N–H and O–H groups in total. The van der Waals surface area contributed by atoms with Crippen LogP contribution in [0.4, 0.5) is 0 Å². The molecule has 0 aromatic carbocycles. The standard InChI is InChI=1S/C18H29NO2/c1-12-6-5-9-18(2)10-15(18)16-13(8-7-12)14(11-19(3)4)17(20)21-16/h6,13-16H,5,7-11H2,1-4H3/b12-6-/t13-,14-,15-,16-,18-/m0/s1. The lowest BCUT2D eigenvalue weighted by molar-refractivity contribution is -0.145. The molecule has 1 aliphatic heterocycles. The van der Waals surface area contributed by atoms with Gasteiger partial charge in [-0.25, -0.2) is 0 Å². The Labute approximate surface area is 128 Å². The van der Waals surface area contributed by atoms with Crippen molar-refractivity contribution >= 4 is 5.97 Å². The Hall–Kier alpha value is -0.830. The van der Waals surface area contributed by atoms with E-state index in [2.05, 4.69) is 24.8 Å². The van der Waals surface area contributed by atoms with Crippen LogP contribution in [0.5, 0.6) is 0 Å². The predicted molar refractivity (Wildman–Crippen MR) is 83.9 cm³/mol. The third-order valence-electron chi connectivity index (χ3n) is 5.95. The Balaban J connectivity index is 1.83. The zero-order valence-electron chi connectivity index (χ0n) is 13.9. The summed E-state index contributed by atoms with van der Waals surface area (Å²) in [7, 11) is 4.10. The van der Waals surface area contributed by atoms with Gasteiger partial charge < -0.3 is 9.64 Å². The number of carbonyl (C=O) groups excluding carboxylic acids is 1. The van der Waals surface area contributed by atoms with Crippen molar-refractivity contribution in [2.45, 2.75) is 52.1 Å². The van der Waals surface area contributed by atoms with Crippen molar-refractivity contribution < 1.29 is 9.53 Å². The molecule has 3 aliphatic rings. The van der Waals surface area contributed by atoms with E-state index in [0.29, 0.717) is 17.3 Å². The Kier molecular flexibility index (Phi) is 3.89. The van der Waals surface area contributed by atoms with E-state index in [1.165, 1.54) is 24.8 Å². The van der Waals surface area contributed by atoms with Crippen LogP contribution in [0.25, 0.3) is 0 Å². The molecule has 0 unspecified atom stereocenters. The van der Waals surface area contributed by atoms with Crippen LogP contribution in [-0.2, 0) is 9.53 Å². The number of hydrogen-bond donors (Lipinski definition) is 0. The van der Waals surface area contributed by atoms with Crippen molar-refractivity contribution in [3.8, 4) is 0 Å². The number of ether oxygens (including phenoxy) is 1. The Morgan fingerprint density at radius 3 is 2.90 bits per heavy atom. The van der Waals surface area contributed by atoms with Crippen LogP contribution in [0.3, 0.4) is 0 Å². The highest BCUT2D eigenvalue weighted by molar-refractivity contribution is 5.75. The molecule has 21 heavy (non-hydrogen) atoms. The fraction of sp³-hybridized carbons (Fsp3) is 0.833. The van der Waals surface area contributed by atoms with Crippen molar-refractivity contribution in [3.05, 3.63) is 11.6 Å².